The second-order valence-corrected chi connectivity index (χ2v) is 27.0. The number of amides is 1. The lowest BCUT2D eigenvalue weighted by atomic mass is 10.0. The van der Waals surface area contributed by atoms with E-state index in [1.165, 1.54) is 366 Å². The number of nitrogens with one attached hydrogen (secondary N) is 1. The van der Waals surface area contributed by atoms with Crippen LogP contribution in [0.2, 0.25) is 0 Å². The molecule has 2 unspecified atom stereocenters. The molecule has 0 aliphatic rings. The van der Waals surface area contributed by atoms with Gasteiger partial charge in [-0.05, 0) is 83.5 Å². The number of rotatable bonds is 74. The van der Waals surface area contributed by atoms with Crippen molar-refractivity contribution in [1.29, 1.82) is 0 Å². The number of ether oxygens (including phenoxy) is 1. The Hall–Kier alpha value is -1.92. The van der Waals surface area contributed by atoms with Gasteiger partial charge in [0.15, 0.2) is 0 Å². The Bertz CT molecular complexity index is 1390. The van der Waals surface area contributed by atoms with Crippen LogP contribution in [0, 0.1) is 0 Å². The van der Waals surface area contributed by atoms with Gasteiger partial charge in [0.1, 0.15) is 0 Å². The van der Waals surface area contributed by atoms with Crippen LogP contribution < -0.4 is 5.32 Å². The molecule has 0 spiro atoms. The van der Waals surface area contributed by atoms with Gasteiger partial charge in [-0.1, -0.05) is 378 Å². The minimum atomic E-state index is -0.842. The average Bonchev–Trinajstić information content (AvgIpc) is 3.60. The number of allylic oxidation sites excluding steroid dienone is 5. The molecule has 0 rings (SSSR count). The van der Waals surface area contributed by atoms with Crippen molar-refractivity contribution in [3.8, 4) is 0 Å². The number of hydrogen-bond donors (Lipinski definition) is 3. The van der Waals surface area contributed by atoms with Gasteiger partial charge in [0.05, 0.1) is 25.4 Å². The van der Waals surface area contributed by atoms with Crippen molar-refractivity contribution in [3.05, 3.63) is 36.5 Å². The minimum Gasteiger partial charge on any atom is -0.466 e. The zero-order chi connectivity index (χ0) is 62.0. The molecule has 0 saturated carbocycles. The molecule has 0 aliphatic heterocycles. The molecular weight excluding hydrogens is 1050 g/mol. The topological polar surface area (TPSA) is 95.9 Å². The second kappa shape index (κ2) is 75.5. The third kappa shape index (κ3) is 71.2. The van der Waals surface area contributed by atoms with E-state index in [0.717, 1.165) is 44.9 Å². The summed E-state index contributed by atoms with van der Waals surface area (Å²) < 4.78 is 5.51. The SMILES string of the molecule is CCCCCCCCC/C=C\CCCCCCCCCC(=O)OCCCCCCCCCCCCCCCC/C=C\CCCCCCCCCCCCCCCCCCCC(=O)NC(CO)C(O)/C=C/CCCCCCCCCCCCCCCC. The van der Waals surface area contributed by atoms with Gasteiger partial charge in [-0.25, -0.2) is 0 Å². The lowest BCUT2D eigenvalue weighted by Crippen LogP contribution is -2.45. The van der Waals surface area contributed by atoms with Gasteiger partial charge in [-0.3, -0.25) is 9.59 Å². The lowest BCUT2D eigenvalue weighted by molar-refractivity contribution is -0.143. The molecule has 0 aromatic rings. The van der Waals surface area contributed by atoms with Gasteiger partial charge in [0, 0.05) is 12.8 Å². The van der Waals surface area contributed by atoms with Crippen LogP contribution in [0.4, 0.5) is 0 Å². The Morgan fingerprint density at radius 1 is 0.314 bits per heavy atom. The van der Waals surface area contributed by atoms with E-state index in [4.69, 9.17) is 4.74 Å². The zero-order valence-corrected chi connectivity index (χ0v) is 58.3. The van der Waals surface area contributed by atoms with Crippen LogP contribution in [0.1, 0.15) is 438 Å². The fraction of sp³-hybridized carbons (Fsp3) is 0.900. The predicted molar refractivity (Wildman–Crippen MR) is 379 cm³/mol. The molecule has 0 bridgehead atoms. The van der Waals surface area contributed by atoms with Crippen LogP contribution in [-0.4, -0.2) is 47.4 Å². The van der Waals surface area contributed by atoms with E-state index in [0.29, 0.717) is 19.4 Å². The number of aliphatic hydroxyl groups excluding tert-OH is 2. The zero-order valence-electron chi connectivity index (χ0n) is 58.3. The fourth-order valence-electron chi connectivity index (χ4n) is 12.4. The molecule has 0 aliphatic carbocycles. The van der Waals surface area contributed by atoms with Crippen molar-refractivity contribution < 1.29 is 24.5 Å². The first kappa shape index (κ1) is 84.1. The minimum absolute atomic E-state index is 0.0178. The quantitative estimate of drug-likeness (QED) is 0.0320. The summed E-state index contributed by atoms with van der Waals surface area (Å²) in [6, 6.07) is -0.625. The van der Waals surface area contributed by atoms with Gasteiger partial charge < -0.3 is 20.3 Å². The van der Waals surface area contributed by atoms with Crippen molar-refractivity contribution >= 4 is 11.9 Å². The van der Waals surface area contributed by atoms with Gasteiger partial charge >= 0.3 is 5.97 Å². The van der Waals surface area contributed by atoms with Crippen LogP contribution in [0.3, 0.4) is 0 Å². The average molecular weight is 1210 g/mol. The molecular formula is C80H153NO5. The van der Waals surface area contributed by atoms with Crippen molar-refractivity contribution in [2.24, 2.45) is 0 Å². The number of esters is 1. The number of carbonyl (C=O) groups is 2. The summed E-state index contributed by atoms with van der Waals surface area (Å²) in [5.41, 5.74) is 0. The highest BCUT2D eigenvalue weighted by atomic mass is 16.5. The molecule has 6 heteroatoms. The third-order valence-electron chi connectivity index (χ3n) is 18.4. The third-order valence-corrected chi connectivity index (χ3v) is 18.4. The highest BCUT2D eigenvalue weighted by molar-refractivity contribution is 5.76. The molecule has 6 nitrogen and oxygen atoms in total. The summed E-state index contributed by atoms with van der Waals surface area (Å²) >= 11 is 0. The van der Waals surface area contributed by atoms with E-state index in [2.05, 4.69) is 43.5 Å². The van der Waals surface area contributed by atoms with Crippen LogP contribution in [-0.2, 0) is 14.3 Å². The molecule has 0 radical (unpaired) electrons. The van der Waals surface area contributed by atoms with Crippen molar-refractivity contribution in [1.82, 2.24) is 5.32 Å². The summed E-state index contributed by atoms with van der Waals surface area (Å²) in [7, 11) is 0. The van der Waals surface area contributed by atoms with Crippen molar-refractivity contribution in [2.75, 3.05) is 13.2 Å². The van der Waals surface area contributed by atoms with Gasteiger partial charge in [-0.15, -0.1) is 0 Å². The van der Waals surface area contributed by atoms with E-state index in [1.54, 1.807) is 6.08 Å². The van der Waals surface area contributed by atoms with E-state index in [9.17, 15) is 19.8 Å². The summed E-state index contributed by atoms with van der Waals surface area (Å²) in [6.45, 7) is 4.94. The highest BCUT2D eigenvalue weighted by Crippen LogP contribution is 2.19. The van der Waals surface area contributed by atoms with E-state index < -0.39 is 12.1 Å². The number of hydrogen-bond acceptors (Lipinski definition) is 5. The number of carbonyl (C=O) groups excluding carboxylic acids is 2. The summed E-state index contributed by atoms with van der Waals surface area (Å²) in [5.74, 6) is -0.0436. The smallest absolute Gasteiger partial charge is 0.305 e. The Morgan fingerprint density at radius 2 is 0.547 bits per heavy atom. The Balaban J connectivity index is 3.34. The first-order valence-electron chi connectivity index (χ1n) is 39.3. The van der Waals surface area contributed by atoms with Gasteiger partial charge in [-0.2, -0.15) is 0 Å². The van der Waals surface area contributed by atoms with Gasteiger partial charge in [0.2, 0.25) is 5.91 Å². The Morgan fingerprint density at radius 3 is 0.826 bits per heavy atom. The molecule has 86 heavy (non-hydrogen) atoms. The number of aliphatic hydroxyl groups is 2. The monoisotopic (exact) mass is 1210 g/mol. The normalized spacial score (nSPS) is 12.7. The van der Waals surface area contributed by atoms with E-state index in [-0.39, 0.29) is 18.5 Å². The molecule has 0 heterocycles. The molecule has 2 atom stereocenters. The molecule has 0 aromatic heterocycles. The maximum atomic E-state index is 12.5. The fourth-order valence-corrected chi connectivity index (χ4v) is 12.4. The standard InChI is InChI=1S/C80H153NO5/c1-3-5-7-9-11-13-15-17-19-21-42-46-50-54-58-62-66-70-74-80(85)86-75-71-67-63-59-55-51-47-43-40-38-36-34-32-30-28-26-24-22-23-25-27-29-31-33-35-37-39-41-45-49-53-57-61-65-69-73-79(84)81-77(76-82)78(83)72-68-64-60-56-52-48-44-20-18-16-14-12-10-8-6-4-2/h19,21,24,26,68,72,77-78,82-83H,3-18,20,22-23,25,27-67,69-71,73-76H2,1-2H3,(H,81,84)/b21-19-,26-24-,72-68+. The predicted octanol–water partition coefficient (Wildman–Crippen LogP) is 25.8. The van der Waals surface area contributed by atoms with E-state index >= 15 is 0 Å². The Kier molecular flexibility index (Phi) is 73.9. The largest absolute Gasteiger partial charge is 0.466 e. The molecule has 0 fully saturated rings. The number of unbranched alkanes of at least 4 members (excludes halogenated alkanes) is 59. The Labute approximate surface area is 538 Å². The summed E-state index contributed by atoms with van der Waals surface area (Å²) in [4.78, 5) is 24.6. The maximum Gasteiger partial charge on any atom is 0.305 e. The van der Waals surface area contributed by atoms with Crippen molar-refractivity contribution in [2.45, 2.75) is 450 Å². The first-order chi connectivity index (χ1) is 42.5. The van der Waals surface area contributed by atoms with Crippen LogP contribution in [0.15, 0.2) is 36.5 Å². The molecule has 508 valence electrons. The first-order valence-corrected chi connectivity index (χ1v) is 39.3. The molecule has 0 aromatic carbocycles. The van der Waals surface area contributed by atoms with Gasteiger partial charge in [0.25, 0.3) is 0 Å². The molecule has 0 saturated heterocycles. The maximum absolute atomic E-state index is 12.5. The van der Waals surface area contributed by atoms with Crippen LogP contribution >= 0.6 is 0 Å². The highest BCUT2D eigenvalue weighted by Gasteiger charge is 2.18. The molecule has 3 N–H and O–H groups in total. The van der Waals surface area contributed by atoms with Crippen molar-refractivity contribution in [3.63, 3.8) is 0 Å². The van der Waals surface area contributed by atoms with Crippen LogP contribution in [0.5, 0.6) is 0 Å². The summed E-state index contributed by atoms with van der Waals surface area (Å²) in [6.07, 6.45) is 98.4. The second-order valence-electron chi connectivity index (χ2n) is 27.0. The lowest BCUT2D eigenvalue weighted by Gasteiger charge is -2.20. The van der Waals surface area contributed by atoms with E-state index in [1.807, 2.05) is 6.08 Å². The summed E-state index contributed by atoms with van der Waals surface area (Å²) in [5, 5.41) is 23.2. The molecule has 1 amide bonds. The van der Waals surface area contributed by atoms with Crippen LogP contribution in [0.25, 0.3) is 0 Å².